The van der Waals surface area contributed by atoms with Gasteiger partial charge in [0, 0.05) is 14.1 Å². The summed E-state index contributed by atoms with van der Waals surface area (Å²) >= 11 is 0. The molecule has 0 bridgehead atoms. The Bertz CT molecular complexity index is 841. The number of methoxy groups -OCH3 is 1. The zero-order chi connectivity index (χ0) is 21.6. The van der Waals surface area contributed by atoms with Gasteiger partial charge >= 0.3 is 0 Å². The fourth-order valence-corrected chi connectivity index (χ4v) is 5.34. The van der Waals surface area contributed by atoms with Gasteiger partial charge in [0.1, 0.15) is 11.5 Å². The maximum Gasteiger partial charge on any atom is 0.119 e. The molecule has 1 N–H and O–H groups in total. The van der Waals surface area contributed by atoms with Crippen LogP contribution in [-0.4, -0.2) is 44.7 Å². The first-order chi connectivity index (χ1) is 15.1. The zero-order valence-corrected chi connectivity index (χ0v) is 19.7. The summed E-state index contributed by atoms with van der Waals surface area (Å²) in [5, 5.41) is 0. The molecule has 1 unspecified atom stereocenters. The molecule has 1 saturated carbocycles. The lowest BCUT2D eigenvalue weighted by Crippen LogP contribution is -2.27. The predicted octanol–water partition coefficient (Wildman–Crippen LogP) is 5.72. The fraction of sp³-hybridized carbons (Fsp3) is 0.538. The molecule has 31 heavy (non-hydrogen) atoms. The number of ether oxygens (including phenoxy) is 3. The quantitative estimate of drug-likeness (QED) is 0.505. The smallest absolute Gasteiger partial charge is 0.119 e. The third-order valence-corrected chi connectivity index (χ3v) is 7.64. The first-order valence-corrected chi connectivity index (χ1v) is 13.4. The highest BCUT2D eigenvalue weighted by Gasteiger charge is 2.29. The molecule has 168 valence electrons. The van der Waals surface area contributed by atoms with Crippen molar-refractivity contribution in [3.05, 3.63) is 59.2 Å². The monoisotopic (exact) mass is 442 g/mol. The summed E-state index contributed by atoms with van der Waals surface area (Å²) < 4.78 is 17.1. The molecular weight excluding hydrogens is 407 g/mol. The zero-order valence-electron chi connectivity index (χ0n) is 18.8. The Morgan fingerprint density at radius 1 is 0.968 bits per heavy atom. The van der Waals surface area contributed by atoms with Crippen LogP contribution in [0.1, 0.15) is 54.2 Å². The van der Waals surface area contributed by atoms with Crippen molar-refractivity contribution < 1.29 is 19.1 Å². The van der Waals surface area contributed by atoms with E-state index in [1.165, 1.54) is 42.4 Å². The highest BCUT2D eigenvalue weighted by molar-refractivity contribution is 7.50. The molecule has 2 aromatic carbocycles. The Hall–Kier alpha value is -1.61. The molecule has 2 fully saturated rings. The molecule has 2 aliphatic rings. The summed E-state index contributed by atoms with van der Waals surface area (Å²) in [6, 6.07) is 15.0. The molecule has 1 heterocycles. The van der Waals surface area contributed by atoms with Gasteiger partial charge in [-0.05, 0) is 97.7 Å². The van der Waals surface area contributed by atoms with E-state index in [1.54, 1.807) is 7.11 Å². The van der Waals surface area contributed by atoms with E-state index >= 15 is 0 Å². The van der Waals surface area contributed by atoms with Gasteiger partial charge in [-0.2, -0.15) is 0 Å². The normalized spacial score (nSPS) is 22.5. The number of benzene rings is 2. The van der Waals surface area contributed by atoms with Crippen LogP contribution in [0.15, 0.2) is 42.5 Å². The van der Waals surface area contributed by atoms with E-state index in [1.807, 2.05) is 12.7 Å². The minimum absolute atomic E-state index is 0.546. The highest BCUT2D eigenvalue weighted by atomic mass is 31.1. The molecule has 1 aliphatic heterocycles. The molecule has 4 rings (SSSR count). The lowest BCUT2D eigenvalue weighted by atomic mass is 9.76. The van der Waals surface area contributed by atoms with Gasteiger partial charge in [-0.25, -0.2) is 0 Å². The van der Waals surface area contributed by atoms with Gasteiger partial charge in [-0.15, -0.1) is 0 Å². The van der Waals surface area contributed by atoms with Crippen LogP contribution in [0, 0.1) is 5.92 Å². The summed E-state index contributed by atoms with van der Waals surface area (Å²) in [7, 11) is 0.911. The molecule has 0 spiro atoms. The van der Waals surface area contributed by atoms with E-state index in [2.05, 4.69) is 36.4 Å². The second kappa shape index (κ2) is 10.8. The number of aryl methyl sites for hydroxylation is 1. The molecule has 4 nitrogen and oxygen atoms in total. The summed E-state index contributed by atoms with van der Waals surface area (Å²) in [6.07, 6.45) is 6.58. The van der Waals surface area contributed by atoms with Crippen molar-refractivity contribution in [1.82, 2.24) is 0 Å². The Labute approximate surface area is 187 Å². The Balaban J connectivity index is 1.31. The van der Waals surface area contributed by atoms with Gasteiger partial charge in [-0.3, -0.25) is 0 Å². The number of rotatable bonds is 9. The van der Waals surface area contributed by atoms with Gasteiger partial charge in [0.2, 0.25) is 0 Å². The van der Waals surface area contributed by atoms with Crippen molar-refractivity contribution in [1.29, 1.82) is 0 Å². The van der Waals surface area contributed by atoms with Crippen LogP contribution in [0.25, 0.3) is 0 Å². The lowest BCUT2D eigenvalue weighted by molar-refractivity contribution is 0.00781. The maximum atomic E-state index is 9.57. The van der Waals surface area contributed by atoms with Crippen molar-refractivity contribution >= 4 is 8.15 Å². The topological polar surface area (TPSA) is 47.9 Å². The van der Waals surface area contributed by atoms with Crippen LogP contribution in [0.4, 0.5) is 0 Å². The first-order valence-electron chi connectivity index (χ1n) is 11.5. The average Bonchev–Trinajstić information content (AvgIpc) is 2.76. The van der Waals surface area contributed by atoms with Crippen LogP contribution in [0.2, 0.25) is 0 Å². The largest absolute Gasteiger partial charge is 0.497 e. The Morgan fingerprint density at radius 3 is 2.45 bits per heavy atom. The SMILES string of the molecule is COc1ccc(C2COC2)c(C2CCC(COc3cccc(CCP(C)O)c3)CC2)c1. The summed E-state index contributed by atoms with van der Waals surface area (Å²) in [4.78, 5) is 9.57. The molecular formula is C26H35O4P. The number of hydrogen-bond acceptors (Lipinski definition) is 4. The molecule has 1 saturated heterocycles. The summed E-state index contributed by atoms with van der Waals surface area (Å²) in [5.41, 5.74) is 4.18. The van der Waals surface area contributed by atoms with Crippen LogP contribution in [0.5, 0.6) is 11.5 Å². The molecule has 1 aliphatic carbocycles. The van der Waals surface area contributed by atoms with E-state index in [4.69, 9.17) is 14.2 Å². The second-order valence-corrected chi connectivity index (χ2v) is 10.8. The minimum atomic E-state index is -0.839. The summed E-state index contributed by atoms with van der Waals surface area (Å²) in [6.45, 7) is 4.39. The van der Waals surface area contributed by atoms with E-state index in [0.29, 0.717) is 17.8 Å². The van der Waals surface area contributed by atoms with Crippen molar-refractivity contribution in [2.45, 2.75) is 43.9 Å². The Kier molecular flexibility index (Phi) is 7.87. The van der Waals surface area contributed by atoms with Crippen molar-refractivity contribution in [3.8, 4) is 11.5 Å². The Morgan fingerprint density at radius 2 is 1.77 bits per heavy atom. The van der Waals surface area contributed by atoms with Crippen LogP contribution < -0.4 is 9.47 Å². The van der Waals surface area contributed by atoms with Gasteiger partial charge in [0.05, 0.1) is 26.9 Å². The van der Waals surface area contributed by atoms with Crippen molar-refractivity contribution in [3.63, 3.8) is 0 Å². The number of hydrogen-bond donors (Lipinski definition) is 1. The van der Waals surface area contributed by atoms with E-state index < -0.39 is 8.15 Å². The predicted molar refractivity (Wildman–Crippen MR) is 127 cm³/mol. The van der Waals surface area contributed by atoms with E-state index in [9.17, 15) is 4.89 Å². The molecule has 5 heteroatoms. The maximum absolute atomic E-state index is 9.57. The first kappa shape index (κ1) is 22.6. The van der Waals surface area contributed by atoms with Crippen LogP contribution >= 0.6 is 8.15 Å². The molecule has 0 aromatic heterocycles. The van der Waals surface area contributed by atoms with Gasteiger partial charge < -0.3 is 19.1 Å². The molecule has 0 amide bonds. The fourth-order valence-electron chi connectivity index (χ4n) is 4.76. The molecule has 1 atom stereocenters. The molecule has 2 aromatic rings. The minimum Gasteiger partial charge on any atom is -0.497 e. The third-order valence-electron chi connectivity index (χ3n) is 6.77. The second-order valence-electron chi connectivity index (χ2n) is 9.04. The van der Waals surface area contributed by atoms with Crippen LogP contribution in [-0.2, 0) is 11.2 Å². The average molecular weight is 443 g/mol. The summed E-state index contributed by atoms with van der Waals surface area (Å²) in [5.74, 6) is 3.68. The third kappa shape index (κ3) is 6.00. The van der Waals surface area contributed by atoms with Crippen molar-refractivity contribution in [2.24, 2.45) is 5.92 Å². The van der Waals surface area contributed by atoms with Gasteiger partial charge in [0.25, 0.3) is 0 Å². The van der Waals surface area contributed by atoms with Gasteiger partial charge in [-0.1, -0.05) is 18.2 Å². The highest BCUT2D eigenvalue weighted by Crippen LogP contribution is 2.41. The van der Waals surface area contributed by atoms with Crippen molar-refractivity contribution in [2.75, 3.05) is 39.8 Å². The molecule has 0 radical (unpaired) electrons. The van der Waals surface area contributed by atoms with E-state index in [0.717, 1.165) is 43.9 Å². The van der Waals surface area contributed by atoms with Gasteiger partial charge in [0.15, 0.2) is 0 Å². The lowest BCUT2D eigenvalue weighted by Gasteiger charge is -2.34. The standard InChI is InChI=1S/C26H35O4P/c1-28-23-10-11-25(22-17-29-18-22)26(15-23)21-8-6-20(7-9-21)16-30-24-5-3-4-19(14-24)12-13-31(2)27/h3-5,10-11,14-15,20-22,27H,6-9,12-13,16-18H2,1-2H3. The van der Waals surface area contributed by atoms with E-state index in [-0.39, 0.29) is 0 Å². The van der Waals surface area contributed by atoms with Crippen LogP contribution in [0.3, 0.4) is 0 Å².